The molecule has 1 aliphatic rings. The fraction of sp³-hybridized carbons (Fsp3) is 1.00. The number of likely N-dealkylation sites (tertiary alicyclic amines) is 1. The molecule has 0 unspecified atom stereocenters. The monoisotopic (exact) mass is 269 g/mol. The van der Waals surface area contributed by atoms with Gasteiger partial charge >= 0.3 is 0 Å². The molecule has 1 rings (SSSR count). The summed E-state index contributed by atoms with van der Waals surface area (Å²) < 4.78 is 0. The van der Waals surface area contributed by atoms with E-state index in [1.165, 1.54) is 51.7 Å². The minimum atomic E-state index is 0.568. The van der Waals surface area contributed by atoms with E-state index in [4.69, 9.17) is 0 Å². The molecule has 0 N–H and O–H groups in total. The molecule has 116 valence electrons. The standard InChI is InChI=1S/C16H33N.C2H6/c1-6-10-16(4,5)15-8-12-17(13-9-15)11-7-14(2)3;1-2/h14-15H,6-13H2,1-5H3;1-2H3. The molecule has 1 saturated heterocycles. The van der Waals surface area contributed by atoms with Crippen molar-refractivity contribution >= 4 is 0 Å². The highest BCUT2D eigenvalue weighted by atomic mass is 15.1. The number of hydrogen-bond donors (Lipinski definition) is 0. The molecule has 1 fully saturated rings. The Morgan fingerprint density at radius 1 is 1.11 bits per heavy atom. The van der Waals surface area contributed by atoms with Gasteiger partial charge in [0, 0.05) is 0 Å². The fourth-order valence-electron chi connectivity index (χ4n) is 3.23. The normalized spacial score (nSPS) is 18.3. The van der Waals surface area contributed by atoms with Gasteiger partial charge in [0.25, 0.3) is 0 Å². The van der Waals surface area contributed by atoms with Crippen LogP contribution in [0.25, 0.3) is 0 Å². The average Bonchev–Trinajstić information content (AvgIpc) is 2.39. The lowest BCUT2D eigenvalue weighted by atomic mass is 9.71. The number of hydrogen-bond acceptors (Lipinski definition) is 1. The highest BCUT2D eigenvalue weighted by Gasteiger charge is 2.31. The molecule has 0 saturated carbocycles. The molecule has 0 spiro atoms. The van der Waals surface area contributed by atoms with Crippen molar-refractivity contribution < 1.29 is 0 Å². The third-order valence-corrected chi connectivity index (χ3v) is 4.61. The van der Waals surface area contributed by atoms with Crippen LogP contribution >= 0.6 is 0 Å². The molecule has 0 bridgehead atoms. The quantitative estimate of drug-likeness (QED) is 0.607. The summed E-state index contributed by atoms with van der Waals surface area (Å²) in [5.74, 6) is 1.81. The summed E-state index contributed by atoms with van der Waals surface area (Å²) in [6, 6.07) is 0. The zero-order valence-corrected chi connectivity index (χ0v) is 14.8. The lowest BCUT2D eigenvalue weighted by Gasteiger charge is -2.41. The van der Waals surface area contributed by atoms with E-state index in [9.17, 15) is 0 Å². The Hall–Kier alpha value is -0.0400. The molecule has 0 aromatic rings. The zero-order chi connectivity index (χ0) is 14.9. The molecule has 0 radical (unpaired) electrons. The van der Waals surface area contributed by atoms with Crippen LogP contribution in [-0.2, 0) is 0 Å². The summed E-state index contributed by atoms with van der Waals surface area (Å²) >= 11 is 0. The Morgan fingerprint density at radius 2 is 1.63 bits per heavy atom. The third-order valence-electron chi connectivity index (χ3n) is 4.61. The Morgan fingerprint density at radius 3 is 2.05 bits per heavy atom. The highest BCUT2D eigenvalue weighted by Crippen LogP contribution is 2.38. The summed E-state index contributed by atoms with van der Waals surface area (Å²) in [5.41, 5.74) is 0.568. The van der Waals surface area contributed by atoms with Crippen LogP contribution < -0.4 is 0 Å². The molecule has 0 aromatic carbocycles. The summed E-state index contributed by atoms with van der Waals surface area (Å²) in [6.45, 7) is 19.9. The smallest absolute Gasteiger partial charge is 0.00159 e. The van der Waals surface area contributed by atoms with Crippen LogP contribution in [0.4, 0.5) is 0 Å². The van der Waals surface area contributed by atoms with Gasteiger partial charge in [-0.2, -0.15) is 0 Å². The summed E-state index contributed by atoms with van der Waals surface area (Å²) in [7, 11) is 0. The second kappa shape index (κ2) is 9.80. The van der Waals surface area contributed by atoms with Crippen LogP contribution in [0.5, 0.6) is 0 Å². The van der Waals surface area contributed by atoms with Crippen molar-refractivity contribution in [2.75, 3.05) is 19.6 Å². The minimum Gasteiger partial charge on any atom is -0.303 e. The van der Waals surface area contributed by atoms with Crippen LogP contribution in [0.15, 0.2) is 0 Å². The van der Waals surface area contributed by atoms with Gasteiger partial charge in [0.2, 0.25) is 0 Å². The molecule has 0 atom stereocenters. The number of nitrogens with zero attached hydrogens (tertiary/aromatic N) is 1. The van der Waals surface area contributed by atoms with Crippen molar-refractivity contribution in [3.63, 3.8) is 0 Å². The molecular weight excluding hydrogens is 230 g/mol. The zero-order valence-electron chi connectivity index (χ0n) is 14.8. The predicted octanol–water partition coefficient (Wildman–Crippen LogP) is 5.60. The molecule has 1 nitrogen and oxygen atoms in total. The minimum absolute atomic E-state index is 0.568. The SMILES string of the molecule is CC.CCCC(C)(C)C1CCN(CCC(C)C)CC1. The van der Waals surface area contributed by atoms with Crippen molar-refractivity contribution in [1.82, 2.24) is 4.90 Å². The first-order chi connectivity index (χ1) is 8.95. The van der Waals surface area contributed by atoms with Crippen molar-refractivity contribution in [3.05, 3.63) is 0 Å². The first-order valence-corrected chi connectivity index (χ1v) is 8.68. The van der Waals surface area contributed by atoms with Crippen molar-refractivity contribution in [1.29, 1.82) is 0 Å². The van der Waals surface area contributed by atoms with E-state index in [1.54, 1.807) is 0 Å². The van der Waals surface area contributed by atoms with Gasteiger partial charge in [0.1, 0.15) is 0 Å². The lowest BCUT2D eigenvalue weighted by Crippen LogP contribution is -2.39. The largest absolute Gasteiger partial charge is 0.303 e. The van der Waals surface area contributed by atoms with Gasteiger partial charge in [0.05, 0.1) is 0 Å². The van der Waals surface area contributed by atoms with Crippen LogP contribution in [0, 0.1) is 17.3 Å². The molecule has 1 heterocycles. The van der Waals surface area contributed by atoms with Gasteiger partial charge in [0.15, 0.2) is 0 Å². The Kier molecular flexibility index (Phi) is 9.78. The van der Waals surface area contributed by atoms with E-state index in [2.05, 4.69) is 39.5 Å². The maximum absolute atomic E-state index is 2.68. The van der Waals surface area contributed by atoms with E-state index < -0.39 is 0 Å². The maximum atomic E-state index is 2.68. The Labute approximate surface area is 123 Å². The molecule has 1 heteroatoms. The summed E-state index contributed by atoms with van der Waals surface area (Å²) in [5, 5.41) is 0. The lowest BCUT2D eigenvalue weighted by molar-refractivity contribution is 0.0907. The molecule has 0 aliphatic carbocycles. The molecule has 19 heavy (non-hydrogen) atoms. The fourth-order valence-corrected chi connectivity index (χ4v) is 3.23. The Balaban J connectivity index is 0.00000154. The van der Waals surface area contributed by atoms with E-state index in [0.29, 0.717) is 5.41 Å². The van der Waals surface area contributed by atoms with Gasteiger partial charge < -0.3 is 4.90 Å². The topological polar surface area (TPSA) is 3.24 Å². The van der Waals surface area contributed by atoms with Crippen LogP contribution in [0.2, 0.25) is 0 Å². The number of rotatable bonds is 6. The van der Waals surface area contributed by atoms with Gasteiger partial charge in [-0.25, -0.2) is 0 Å². The van der Waals surface area contributed by atoms with Crippen LogP contribution in [0.1, 0.15) is 80.6 Å². The van der Waals surface area contributed by atoms with Crippen LogP contribution in [-0.4, -0.2) is 24.5 Å². The van der Waals surface area contributed by atoms with Crippen LogP contribution in [0.3, 0.4) is 0 Å². The Bertz CT molecular complexity index is 200. The van der Waals surface area contributed by atoms with Crippen molar-refractivity contribution in [2.45, 2.75) is 80.6 Å². The number of piperidine rings is 1. The second-order valence-corrected chi connectivity index (χ2v) is 7.04. The molecule has 0 amide bonds. The average molecular weight is 270 g/mol. The van der Waals surface area contributed by atoms with Gasteiger partial charge in [-0.1, -0.05) is 54.9 Å². The van der Waals surface area contributed by atoms with E-state index in [-0.39, 0.29) is 0 Å². The second-order valence-electron chi connectivity index (χ2n) is 7.04. The molecule has 1 aliphatic heterocycles. The highest BCUT2D eigenvalue weighted by molar-refractivity contribution is 4.83. The molecule has 0 aromatic heterocycles. The molecular formula is C18H39N. The van der Waals surface area contributed by atoms with Gasteiger partial charge in [-0.3, -0.25) is 0 Å². The third kappa shape index (κ3) is 7.34. The summed E-state index contributed by atoms with van der Waals surface area (Å²) in [6.07, 6.45) is 6.93. The van der Waals surface area contributed by atoms with Crippen molar-refractivity contribution in [3.8, 4) is 0 Å². The predicted molar refractivity (Wildman–Crippen MR) is 88.7 cm³/mol. The van der Waals surface area contributed by atoms with Crippen molar-refractivity contribution in [2.24, 2.45) is 17.3 Å². The van der Waals surface area contributed by atoms with E-state index >= 15 is 0 Å². The summed E-state index contributed by atoms with van der Waals surface area (Å²) in [4.78, 5) is 2.68. The first kappa shape index (κ1) is 19.0. The first-order valence-electron chi connectivity index (χ1n) is 8.68. The van der Waals surface area contributed by atoms with E-state index in [1.807, 2.05) is 13.8 Å². The van der Waals surface area contributed by atoms with E-state index in [0.717, 1.165) is 11.8 Å². The van der Waals surface area contributed by atoms with Gasteiger partial charge in [-0.05, 0) is 62.6 Å². The maximum Gasteiger partial charge on any atom is -0.00159 e. The van der Waals surface area contributed by atoms with Gasteiger partial charge in [-0.15, -0.1) is 0 Å².